The normalized spacial score (nSPS) is 31.8. The van der Waals surface area contributed by atoms with Gasteiger partial charge in [-0.3, -0.25) is 9.69 Å². The van der Waals surface area contributed by atoms with Crippen molar-refractivity contribution in [1.29, 1.82) is 0 Å². The molecule has 2 bridgehead atoms. The van der Waals surface area contributed by atoms with E-state index in [1.807, 2.05) is 43.3 Å². The molecule has 1 saturated carbocycles. The van der Waals surface area contributed by atoms with Crippen molar-refractivity contribution in [2.24, 2.45) is 0 Å². The number of carbonyl (C=O) groups is 1. The minimum Gasteiger partial charge on any atom is -0.504 e. The topological polar surface area (TPSA) is 82.5 Å². The lowest BCUT2D eigenvalue weighted by Crippen LogP contribution is -2.78. The second-order valence-corrected chi connectivity index (χ2v) is 10.5. The SMILES string of the molecule is C=CCN1CC[C@]23c4c5ccc(O)c4O[C@H]2[C@@H](N(C(C)=O)c2ccccc2OCC)CC[C@@]3(O)[C@H]1C5. The number of aromatic hydroxyl groups is 1. The molecule has 2 aromatic rings. The second kappa shape index (κ2) is 8.25. The molecule has 1 saturated heterocycles. The smallest absolute Gasteiger partial charge is 0.224 e. The van der Waals surface area contributed by atoms with Crippen molar-refractivity contribution in [1.82, 2.24) is 4.90 Å². The van der Waals surface area contributed by atoms with Crippen LogP contribution in [0.15, 0.2) is 49.1 Å². The highest BCUT2D eigenvalue weighted by Gasteiger charge is 2.73. The Morgan fingerprint density at radius 1 is 1.31 bits per heavy atom. The molecule has 2 aliphatic carbocycles. The third kappa shape index (κ3) is 2.90. The summed E-state index contributed by atoms with van der Waals surface area (Å²) in [6.07, 6.45) is 3.88. The highest BCUT2D eigenvalue weighted by Crippen LogP contribution is 2.66. The van der Waals surface area contributed by atoms with Gasteiger partial charge in [-0.25, -0.2) is 0 Å². The maximum absolute atomic E-state index is 13.3. The molecule has 7 heteroatoms. The Hall–Kier alpha value is -3.03. The van der Waals surface area contributed by atoms with Gasteiger partial charge >= 0.3 is 0 Å². The number of rotatable bonds is 6. The van der Waals surface area contributed by atoms with E-state index in [4.69, 9.17) is 9.47 Å². The molecule has 5 atom stereocenters. The highest BCUT2D eigenvalue weighted by molar-refractivity contribution is 5.94. The number of hydrogen-bond acceptors (Lipinski definition) is 6. The molecule has 0 radical (unpaired) electrons. The fraction of sp³-hybridized carbons (Fsp3) is 0.483. The average molecular weight is 491 g/mol. The van der Waals surface area contributed by atoms with Crippen LogP contribution in [-0.2, 0) is 16.6 Å². The molecular weight excluding hydrogens is 456 g/mol. The van der Waals surface area contributed by atoms with E-state index in [0.717, 1.165) is 17.7 Å². The molecular formula is C29H34N2O5. The van der Waals surface area contributed by atoms with Crippen LogP contribution in [-0.4, -0.2) is 64.5 Å². The Balaban J connectivity index is 1.53. The number of likely N-dealkylation sites (tertiary alicyclic amines) is 1. The highest BCUT2D eigenvalue weighted by atomic mass is 16.5. The third-order valence-corrected chi connectivity index (χ3v) is 9.00. The molecule has 2 N–H and O–H groups in total. The van der Waals surface area contributed by atoms with Gasteiger partial charge in [-0.05, 0) is 62.9 Å². The Morgan fingerprint density at radius 3 is 2.86 bits per heavy atom. The first-order valence-electron chi connectivity index (χ1n) is 13.0. The Morgan fingerprint density at radius 2 is 2.11 bits per heavy atom. The van der Waals surface area contributed by atoms with Gasteiger partial charge < -0.3 is 24.6 Å². The summed E-state index contributed by atoms with van der Waals surface area (Å²) in [5, 5.41) is 23.4. The summed E-state index contributed by atoms with van der Waals surface area (Å²) < 4.78 is 12.6. The van der Waals surface area contributed by atoms with Crippen LogP contribution < -0.4 is 14.4 Å². The van der Waals surface area contributed by atoms with E-state index in [-0.39, 0.29) is 23.7 Å². The van der Waals surface area contributed by atoms with Crippen molar-refractivity contribution in [3.05, 3.63) is 60.2 Å². The molecule has 190 valence electrons. The van der Waals surface area contributed by atoms with Gasteiger partial charge in [-0.15, -0.1) is 6.58 Å². The average Bonchev–Trinajstić information content (AvgIpc) is 3.21. The molecule has 2 fully saturated rings. The maximum atomic E-state index is 13.3. The summed E-state index contributed by atoms with van der Waals surface area (Å²) in [6, 6.07) is 10.9. The van der Waals surface area contributed by atoms with Gasteiger partial charge in [0.1, 0.15) is 11.9 Å². The number of ether oxygens (including phenoxy) is 2. The first kappa shape index (κ1) is 23.4. The molecule has 2 heterocycles. The lowest BCUT2D eigenvalue weighted by molar-refractivity contribution is -0.187. The van der Waals surface area contributed by atoms with Gasteiger partial charge in [0.25, 0.3) is 0 Å². The van der Waals surface area contributed by atoms with Crippen LogP contribution in [0, 0.1) is 0 Å². The van der Waals surface area contributed by atoms with Gasteiger partial charge in [0.2, 0.25) is 5.91 Å². The fourth-order valence-electron chi connectivity index (χ4n) is 7.77. The number of nitrogens with zero attached hydrogens (tertiary/aromatic N) is 2. The summed E-state index contributed by atoms with van der Waals surface area (Å²) in [7, 11) is 0. The molecule has 7 nitrogen and oxygen atoms in total. The summed E-state index contributed by atoms with van der Waals surface area (Å²) in [6.45, 7) is 9.42. The molecule has 36 heavy (non-hydrogen) atoms. The van der Waals surface area contributed by atoms with Crippen molar-refractivity contribution in [3.63, 3.8) is 0 Å². The Bertz CT molecular complexity index is 1230. The zero-order valence-electron chi connectivity index (χ0n) is 20.9. The van der Waals surface area contributed by atoms with Gasteiger partial charge in [0, 0.05) is 25.1 Å². The molecule has 2 aliphatic heterocycles. The van der Waals surface area contributed by atoms with Crippen LogP contribution in [0.5, 0.6) is 17.2 Å². The number of benzene rings is 2. The Kier molecular flexibility index (Phi) is 5.36. The van der Waals surface area contributed by atoms with E-state index in [9.17, 15) is 15.0 Å². The first-order chi connectivity index (χ1) is 17.4. The molecule has 1 spiro atoms. The maximum Gasteiger partial charge on any atom is 0.224 e. The van der Waals surface area contributed by atoms with E-state index < -0.39 is 17.1 Å². The van der Waals surface area contributed by atoms with Gasteiger partial charge in [-0.1, -0.05) is 24.3 Å². The summed E-state index contributed by atoms with van der Waals surface area (Å²) in [5.74, 6) is 1.11. The van der Waals surface area contributed by atoms with Crippen LogP contribution in [0.2, 0.25) is 0 Å². The van der Waals surface area contributed by atoms with E-state index >= 15 is 0 Å². The van der Waals surface area contributed by atoms with E-state index in [2.05, 4.69) is 11.5 Å². The van der Waals surface area contributed by atoms with Crippen LogP contribution >= 0.6 is 0 Å². The molecule has 4 aliphatic rings. The lowest BCUT2D eigenvalue weighted by atomic mass is 9.48. The van der Waals surface area contributed by atoms with E-state index in [0.29, 0.717) is 56.0 Å². The monoisotopic (exact) mass is 490 g/mol. The number of hydrogen-bond donors (Lipinski definition) is 2. The molecule has 2 aromatic carbocycles. The van der Waals surface area contributed by atoms with Crippen LogP contribution in [0.4, 0.5) is 5.69 Å². The second-order valence-electron chi connectivity index (χ2n) is 10.5. The number of para-hydroxylation sites is 2. The number of amides is 1. The number of aliphatic hydroxyl groups is 1. The largest absolute Gasteiger partial charge is 0.504 e. The van der Waals surface area contributed by atoms with Crippen molar-refractivity contribution in [3.8, 4) is 17.2 Å². The first-order valence-corrected chi connectivity index (χ1v) is 13.0. The Labute approximate surface area is 211 Å². The number of phenolic OH excluding ortho intramolecular Hbond substituents is 1. The van der Waals surface area contributed by atoms with Crippen LogP contribution in [0.1, 0.15) is 44.2 Å². The van der Waals surface area contributed by atoms with Crippen molar-refractivity contribution in [2.75, 3.05) is 24.6 Å². The predicted molar refractivity (Wildman–Crippen MR) is 137 cm³/mol. The zero-order chi connectivity index (χ0) is 25.2. The van der Waals surface area contributed by atoms with Crippen molar-refractivity contribution < 1.29 is 24.5 Å². The fourth-order valence-corrected chi connectivity index (χ4v) is 7.77. The number of piperidine rings is 1. The van der Waals surface area contributed by atoms with Crippen LogP contribution in [0.25, 0.3) is 0 Å². The molecule has 0 aromatic heterocycles. The van der Waals surface area contributed by atoms with Gasteiger partial charge in [0.05, 0.1) is 29.4 Å². The summed E-state index contributed by atoms with van der Waals surface area (Å²) >= 11 is 0. The minimum absolute atomic E-state index is 0.0826. The third-order valence-electron chi connectivity index (χ3n) is 9.00. The van der Waals surface area contributed by atoms with Gasteiger partial charge in [0.15, 0.2) is 11.5 Å². The quantitative estimate of drug-likeness (QED) is 0.603. The number of carbonyl (C=O) groups excluding carboxylic acids is 1. The molecule has 1 amide bonds. The van der Waals surface area contributed by atoms with Gasteiger partial charge in [-0.2, -0.15) is 0 Å². The van der Waals surface area contributed by atoms with Crippen molar-refractivity contribution in [2.45, 2.75) is 68.7 Å². The van der Waals surface area contributed by atoms with Crippen molar-refractivity contribution >= 4 is 11.6 Å². The molecule has 0 unspecified atom stereocenters. The summed E-state index contributed by atoms with van der Waals surface area (Å²) in [4.78, 5) is 17.4. The standard InChI is InChI=1S/C29H34N2O5/c1-4-15-30-16-14-28-25-19-10-11-22(33)26(25)36-27(28)21(12-13-29(28,34)24(30)17-19)31(18(3)32)20-8-6-7-9-23(20)35-5-2/h4,6-11,21,24,27,33-34H,1,5,12-17H2,2-3H3/t21-,24+,27-,28-,29+/m0/s1. The minimum atomic E-state index is -1.04. The van der Waals surface area contributed by atoms with E-state index in [1.54, 1.807) is 17.9 Å². The summed E-state index contributed by atoms with van der Waals surface area (Å²) in [5.41, 5.74) is 1.01. The lowest BCUT2D eigenvalue weighted by Gasteiger charge is -2.64. The van der Waals surface area contributed by atoms with E-state index in [1.165, 1.54) is 0 Å². The zero-order valence-corrected chi connectivity index (χ0v) is 20.9. The number of phenols is 1. The number of anilines is 1. The molecule has 6 rings (SSSR count). The predicted octanol–water partition coefficient (Wildman–Crippen LogP) is 3.55. The van der Waals surface area contributed by atoms with Crippen LogP contribution in [0.3, 0.4) is 0 Å².